The van der Waals surface area contributed by atoms with Crippen LogP contribution in [0.5, 0.6) is 5.75 Å². The summed E-state index contributed by atoms with van der Waals surface area (Å²) < 4.78 is 5.39. The van der Waals surface area contributed by atoms with Crippen LogP contribution in [0.1, 0.15) is 25.1 Å². The molecule has 26 heavy (non-hydrogen) atoms. The van der Waals surface area contributed by atoms with Crippen molar-refractivity contribution >= 4 is 23.2 Å². The molecule has 0 bridgehead atoms. The van der Waals surface area contributed by atoms with Crippen molar-refractivity contribution in [2.75, 3.05) is 20.2 Å². The third kappa shape index (κ3) is 3.58. The van der Waals surface area contributed by atoms with E-state index in [1.165, 1.54) is 11.3 Å². The first-order valence-electron chi connectivity index (χ1n) is 8.71. The normalized spacial score (nSPS) is 17.7. The van der Waals surface area contributed by atoms with Crippen LogP contribution in [0.3, 0.4) is 0 Å². The number of methoxy groups -OCH3 is 1. The zero-order valence-corrected chi connectivity index (χ0v) is 16.1. The van der Waals surface area contributed by atoms with E-state index in [1.807, 2.05) is 31.2 Å². The third-order valence-electron chi connectivity index (χ3n) is 4.49. The van der Waals surface area contributed by atoms with Gasteiger partial charge in [-0.3, -0.25) is 9.59 Å². The zero-order valence-electron chi connectivity index (χ0n) is 15.3. The summed E-state index contributed by atoms with van der Waals surface area (Å²) in [6, 6.07) is 7.27. The minimum absolute atomic E-state index is 0.0147. The molecule has 6 nitrogen and oxygen atoms in total. The Hall–Kier alpha value is -2.41. The van der Waals surface area contributed by atoms with Crippen LogP contribution >= 0.6 is 11.3 Å². The molecule has 138 valence electrons. The summed E-state index contributed by atoms with van der Waals surface area (Å²) in [7, 11) is 1.63. The number of benzene rings is 1. The van der Waals surface area contributed by atoms with Crippen LogP contribution in [0.2, 0.25) is 0 Å². The number of hydrogen-bond donors (Lipinski definition) is 0. The van der Waals surface area contributed by atoms with E-state index in [0.29, 0.717) is 13.1 Å². The highest BCUT2D eigenvalue weighted by Crippen LogP contribution is 2.33. The van der Waals surface area contributed by atoms with E-state index in [0.717, 1.165) is 27.6 Å². The molecule has 2 heterocycles. The Labute approximate surface area is 157 Å². The Balaban J connectivity index is 1.77. The number of ether oxygens (including phenoxy) is 1. The second-order valence-electron chi connectivity index (χ2n) is 6.29. The lowest BCUT2D eigenvalue weighted by atomic mass is 10.1. The molecule has 1 aliphatic heterocycles. The van der Waals surface area contributed by atoms with E-state index in [-0.39, 0.29) is 18.4 Å². The molecule has 2 aromatic rings. The number of para-hydroxylation sites is 1. The van der Waals surface area contributed by atoms with Gasteiger partial charge >= 0.3 is 0 Å². The molecule has 0 spiro atoms. The van der Waals surface area contributed by atoms with Gasteiger partial charge in [0.05, 0.1) is 25.8 Å². The van der Waals surface area contributed by atoms with Crippen molar-refractivity contribution in [3.05, 3.63) is 35.3 Å². The highest BCUT2D eigenvalue weighted by atomic mass is 32.1. The van der Waals surface area contributed by atoms with Gasteiger partial charge in [-0.25, -0.2) is 4.98 Å². The number of thiazole rings is 1. The predicted molar refractivity (Wildman–Crippen MR) is 101 cm³/mol. The summed E-state index contributed by atoms with van der Waals surface area (Å²) in [5.41, 5.74) is 0.925. The van der Waals surface area contributed by atoms with Crippen LogP contribution in [0.4, 0.5) is 0 Å². The fourth-order valence-electron chi connectivity index (χ4n) is 3.12. The molecule has 1 fully saturated rings. The Kier molecular flexibility index (Phi) is 5.56. The van der Waals surface area contributed by atoms with Crippen LogP contribution in [0.25, 0.3) is 10.6 Å². The molecule has 3 rings (SSSR count). The summed E-state index contributed by atoms with van der Waals surface area (Å²) in [4.78, 5) is 33.7. The highest BCUT2D eigenvalue weighted by Gasteiger charge is 2.36. The number of piperazine rings is 1. The lowest BCUT2D eigenvalue weighted by Crippen LogP contribution is -2.58. The van der Waals surface area contributed by atoms with Crippen molar-refractivity contribution < 1.29 is 14.3 Å². The van der Waals surface area contributed by atoms with Crippen LogP contribution in [0, 0.1) is 0 Å². The average molecular weight is 373 g/mol. The minimum Gasteiger partial charge on any atom is -0.496 e. The molecule has 1 atom stereocenters. The molecule has 1 aromatic carbocycles. The minimum atomic E-state index is -0.445. The first-order chi connectivity index (χ1) is 12.5. The summed E-state index contributed by atoms with van der Waals surface area (Å²) in [5, 5.41) is 0.841. The van der Waals surface area contributed by atoms with E-state index < -0.39 is 6.04 Å². The van der Waals surface area contributed by atoms with Gasteiger partial charge in [-0.05, 0) is 25.5 Å². The number of hydrogen-bond acceptors (Lipinski definition) is 5. The maximum Gasteiger partial charge on any atom is 0.245 e. The van der Waals surface area contributed by atoms with Crippen molar-refractivity contribution in [1.29, 1.82) is 0 Å². The third-order valence-corrected chi connectivity index (χ3v) is 5.51. The van der Waals surface area contributed by atoms with Gasteiger partial charge in [0.2, 0.25) is 11.8 Å². The monoisotopic (exact) mass is 373 g/mol. The quantitative estimate of drug-likeness (QED) is 0.781. The number of rotatable bonds is 6. The van der Waals surface area contributed by atoms with Crippen molar-refractivity contribution in [2.24, 2.45) is 0 Å². The molecule has 1 aliphatic rings. The second kappa shape index (κ2) is 7.86. The van der Waals surface area contributed by atoms with Gasteiger partial charge < -0.3 is 14.5 Å². The first-order valence-corrected chi connectivity index (χ1v) is 9.53. The molecule has 0 N–H and O–H groups in total. The average Bonchev–Trinajstić information content (AvgIpc) is 3.11. The molecule has 0 unspecified atom stereocenters. The number of carbonyl (C=O) groups excluding carboxylic acids is 2. The molecule has 1 saturated heterocycles. The highest BCUT2D eigenvalue weighted by molar-refractivity contribution is 7.15. The summed E-state index contributed by atoms with van der Waals surface area (Å²) >= 11 is 1.52. The Bertz CT molecular complexity index is 805. The van der Waals surface area contributed by atoms with Gasteiger partial charge in [0.15, 0.2) is 0 Å². The van der Waals surface area contributed by atoms with Gasteiger partial charge in [0, 0.05) is 17.6 Å². The molecule has 1 aromatic heterocycles. The van der Waals surface area contributed by atoms with Crippen LogP contribution in [-0.4, -0.2) is 52.8 Å². The summed E-state index contributed by atoms with van der Waals surface area (Å²) in [6.07, 6.45) is 2.62. The van der Waals surface area contributed by atoms with Gasteiger partial charge in [0.25, 0.3) is 0 Å². The van der Waals surface area contributed by atoms with Crippen molar-refractivity contribution in [1.82, 2.24) is 14.8 Å². The second-order valence-corrected chi connectivity index (χ2v) is 7.40. The van der Waals surface area contributed by atoms with Gasteiger partial charge in [-0.15, -0.1) is 11.3 Å². The molecule has 2 amide bonds. The summed E-state index contributed by atoms with van der Waals surface area (Å²) in [6.45, 7) is 4.99. The van der Waals surface area contributed by atoms with Crippen molar-refractivity contribution in [2.45, 2.75) is 32.9 Å². The van der Waals surface area contributed by atoms with Crippen LogP contribution < -0.4 is 4.74 Å². The maximum atomic E-state index is 12.5. The van der Waals surface area contributed by atoms with Gasteiger partial charge in [-0.2, -0.15) is 0 Å². The van der Waals surface area contributed by atoms with Crippen LogP contribution in [-0.2, 0) is 16.1 Å². The number of aromatic nitrogens is 1. The number of nitrogens with zero attached hydrogens (tertiary/aromatic N) is 3. The van der Waals surface area contributed by atoms with Crippen LogP contribution in [0.15, 0.2) is 30.5 Å². The molecular formula is C19H23N3O3S. The first kappa shape index (κ1) is 18.4. The lowest BCUT2D eigenvalue weighted by Gasteiger charge is -2.38. The fraction of sp³-hybridized carbons (Fsp3) is 0.421. The largest absolute Gasteiger partial charge is 0.496 e. The Morgan fingerprint density at radius 1 is 1.31 bits per heavy atom. The Morgan fingerprint density at radius 2 is 2.08 bits per heavy atom. The molecule has 0 radical (unpaired) electrons. The molecule has 0 saturated carbocycles. The van der Waals surface area contributed by atoms with Crippen molar-refractivity contribution in [3.63, 3.8) is 0 Å². The predicted octanol–water partition coefficient (Wildman–Crippen LogP) is 2.79. The van der Waals surface area contributed by atoms with E-state index >= 15 is 0 Å². The van der Waals surface area contributed by atoms with Gasteiger partial charge in [-0.1, -0.05) is 19.1 Å². The SMILES string of the molecule is CCCN1CC(=O)N(Cc2cnc(-c3ccccc3OC)s2)[C@H](C)C1=O. The number of carbonyl (C=O) groups is 2. The summed E-state index contributed by atoms with van der Waals surface area (Å²) in [5.74, 6) is 0.764. The van der Waals surface area contributed by atoms with Gasteiger partial charge in [0.1, 0.15) is 16.8 Å². The standard InChI is InChI=1S/C19H23N3O3S/c1-4-9-21-12-17(23)22(13(2)19(21)24)11-14-10-20-18(26-14)15-7-5-6-8-16(15)25-3/h5-8,10,13H,4,9,11-12H2,1-3H3/t13-/m1/s1. The maximum absolute atomic E-state index is 12.5. The topological polar surface area (TPSA) is 62.7 Å². The zero-order chi connectivity index (χ0) is 18.7. The Morgan fingerprint density at radius 3 is 2.81 bits per heavy atom. The fourth-order valence-corrected chi connectivity index (χ4v) is 4.07. The molecular weight excluding hydrogens is 350 g/mol. The van der Waals surface area contributed by atoms with E-state index in [2.05, 4.69) is 4.98 Å². The smallest absolute Gasteiger partial charge is 0.245 e. The molecule has 7 heteroatoms. The molecule has 0 aliphatic carbocycles. The lowest BCUT2D eigenvalue weighted by molar-refractivity contribution is -0.155. The van der Waals surface area contributed by atoms with E-state index in [1.54, 1.807) is 30.0 Å². The van der Waals surface area contributed by atoms with E-state index in [9.17, 15) is 9.59 Å². The van der Waals surface area contributed by atoms with Crippen molar-refractivity contribution in [3.8, 4) is 16.3 Å². The van der Waals surface area contributed by atoms with E-state index in [4.69, 9.17) is 4.74 Å². The number of amides is 2.